The smallest absolute Gasteiger partial charge is 0.0335 e. The monoisotopic (exact) mass is 308 g/mol. The van der Waals surface area contributed by atoms with Crippen molar-refractivity contribution in [2.75, 3.05) is 13.1 Å². The van der Waals surface area contributed by atoms with E-state index in [9.17, 15) is 0 Å². The first kappa shape index (κ1) is 17.0. The second kappa shape index (κ2) is 7.75. The summed E-state index contributed by atoms with van der Waals surface area (Å²) in [6.07, 6.45) is 6.60. The quantitative estimate of drug-likeness (QED) is 0.784. The minimum Gasteiger partial charge on any atom is -0.329 e. The molecule has 0 saturated heterocycles. The molecule has 2 atom stereocenters. The summed E-state index contributed by atoms with van der Waals surface area (Å²) in [6, 6.07) is 4.41. The van der Waals surface area contributed by atoms with E-state index < -0.39 is 0 Å². The third-order valence-electron chi connectivity index (χ3n) is 5.50. The standard InChI is InChI=1S/C18H32N2S/c1-4-20(13-17-8-6-12-21-17)18(14-19)10-5-7-16(9-11-18)15(2)3/h6,8,12,15-16H,4-5,7,9-11,13-14,19H2,1-3H3. The van der Waals surface area contributed by atoms with Crippen LogP contribution in [0.4, 0.5) is 0 Å². The van der Waals surface area contributed by atoms with Gasteiger partial charge in [0, 0.05) is 23.5 Å². The minimum atomic E-state index is 0.225. The van der Waals surface area contributed by atoms with Crippen LogP contribution in [0.1, 0.15) is 57.8 Å². The first-order valence-corrected chi connectivity index (χ1v) is 9.46. The molecule has 0 aromatic carbocycles. The lowest BCUT2D eigenvalue weighted by molar-refractivity contribution is 0.0749. The van der Waals surface area contributed by atoms with Gasteiger partial charge in [0.05, 0.1) is 0 Å². The molecule has 0 radical (unpaired) electrons. The number of hydrogen-bond donors (Lipinski definition) is 1. The van der Waals surface area contributed by atoms with Crippen molar-refractivity contribution in [3.05, 3.63) is 22.4 Å². The van der Waals surface area contributed by atoms with Crippen molar-refractivity contribution in [2.45, 2.75) is 65.0 Å². The number of nitrogens with zero attached hydrogens (tertiary/aromatic N) is 1. The Hall–Kier alpha value is -0.380. The van der Waals surface area contributed by atoms with E-state index in [1.807, 2.05) is 11.3 Å². The van der Waals surface area contributed by atoms with Crippen LogP contribution in [0.5, 0.6) is 0 Å². The highest BCUT2D eigenvalue weighted by Gasteiger charge is 2.37. The lowest BCUT2D eigenvalue weighted by Crippen LogP contribution is -2.53. The minimum absolute atomic E-state index is 0.225. The highest BCUT2D eigenvalue weighted by molar-refractivity contribution is 7.09. The van der Waals surface area contributed by atoms with E-state index in [4.69, 9.17) is 5.73 Å². The van der Waals surface area contributed by atoms with Gasteiger partial charge >= 0.3 is 0 Å². The maximum absolute atomic E-state index is 6.30. The molecular formula is C18H32N2S. The maximum Gasteiger partial charge on any atom is 0.0335 e. The maximum atomic E-state index is 6.30. The second-order valence-corrected chi connectivity index (χ2v) is 7.99. The molecule has 1 aromatic heterocycles. The molecule has 0 spiro atoms. The molecule has 1 fully saturated rings. The van der Waals surface area contributed by atoms with Gasteiger partial charge in [0.25, 0.3) is 0 Å². The van der Waals surface area contributed by atoms with Crippen molar-refractivity contribution < 1.29 is 0 Å². The molecule has 0 bridgehead atoms. The van der Waals surface area contributed by atoms with E-state index in [-0.39, 0.29) is 5.54 Å². The number of nitrogens with two attached hydrogens (primary N) is 1. The van der Waals surface area contributed by atoms with Gasteiger partial charge in [-0.1, -0.05) is 39.7 Å². The third kappa shape index (κ3) is 4.08. The Kier molecular flexibility index (Phi) is 6.27. The van der Waals surface area contributed by atoms with Crippen molar-refractivity contribution in [1.82, 2.24) is 4.90 Å². The van der Waals surface area contributed by atoms with Gasteiger partial charge in [-0.2, -0.15) is 0 Å². The summed E-state index contributed by atoms with van der Waals surface area (Å²) in [4.78, 5) is 4.12. The van der Waals surface area contributed by atoms with Gasteiger partial charge in [-0.3, -0.25) is 4.90 Å². The van der Waals surface area contributed by atoms with E-state index >= 15 is 0 Å². The highest BCUT2D eigenvalue weighted by atomic mass is 32.1. The second-order valence-electron chi connectivity index (χ2n) is 6.96. The lowest BCUT2D eigenvalue weighted by atomic mass is 9.85. The zero-order valence-electron chi connectivity index (χ0n) is 14.0. The largest absolute Gasteiger partial charge is 0.329 e. The molecule has 21 heavy (non-hydrogen) atoms. The van der Waals surface area contributed by atoms with Gasteiger partial charge in [0.1, 0.15) is 0 Å². The Balaban J connectivity index is 2.10. The van der Waals surface area contributed by atoms with Crippen molar-refractivity contribution in [3.8, 4) is 0 Å². The molecule has 1 aliphatic carbocycles. The first-order valence-electron chi connectivity index (χ1n) is 8.59. The zero-order chi connectivity index (χ0) is 15.3. The average molecular weight is 309 g/mol. The molecule has 3 heteroatoms. The topological polar surface area (TPSA) is 29.3 Å². The van der Waals surface area contributed by atoms with Crippen LogP contribution < -0.4 is 5.73 Å². The number of hydrogen-bond acceptors (Lipinski definition) is 3. The summed E-state index contributed by atoms with van der Waals surface area (Å²) in [5, 5.41) is 2.18. The fourth-order valence-corrected chi connectivity index (χ4v) is 4.66. The van der Waals surface area contributed by atoms with Crippen LogP contribution >= 0.6 is 11.3 Å². The Morgan fingerprint density at radius 3 is 2.76 bits per heavy atom. The summed E-state index contributed by atoms with van der Waals surface area (Å²) in [7, 11) is 0. The van der Waals surface area contributed by atoms with E-state index in [1.54, 1.807) is 0 Å². The predicted molar refractivity (Wildman–Crippen MR) is 93.6 cm³/mol. The third-order valence-corrected chi connectivity index (χ3v) is 6.36. The van der Waals surface area contributed by atoms with Gasteiger partial charge in [-0.25, -0.2) is 0 Å². The number of rotatable bonds is 6. The van der Waals surface area contributed by atoms with Crippen LogP contribution in [0.3, 0.4) is 0 Å². The lowest BCUT2D eigenvalue weighted by Gasteiger charge is -2.43. The summed E-state index contributed by atoms with van der Waals surface area (Å²) < 4.78 is 0. The van der Waals surface area contributed by atoms with Gasteiger partial charge in [-0.15, -0.1) is 11.3 Å². The molecular weight excluding hydrogens is 276 g/mol. The fraction of sp³-hybridized carbons (Fsp3) is 0.778. The molecule has 2 N–H and O–H groups in total. The molecule has 1 aromatic rings. The molecule has 0 aliphatic heterocycles. The van der Waals surface area contributed by atoms with Gasteiger partial charge < -0.3 is 5.73 Å². The molecule has 0 amide bonds. The SMILES string of the molecule is CCN(Cc1cccs1)C1(CN)CCCC(C(C)C)CC1. The van der Waals surface area contributed by atoms with Crippen molar-refractivity contribution in [3.63, 3.8) is 0 Å². The van der Waals surface area contributed by atoms with Crippen LogP contribution in [-0.2, 0) is 6.54 Å². The Bertz CT molecular complexity index is 401. The first-order chi connectivity index (χ1) is 10.1. The molecule has 2 unspecified atom stereocenters. The van der Waals surface area contributed by atoms with Crippen LogP contribution in [-0.4, -0.2) is 23.5 Å². The summed E-state index contributed by atoms with van der Waals surface area (Å²) in [5.41, 5.74) is 6.52. The summed E-state index contributed by atoms with van der Waals surface area (Å²) in [5.74, 6) is 1.70. The van der Waals surface area contributed by atoms with Gasteiger partial charge in [0.15, 0.2) is 0 Å². The normalized spacial score (nSPS) is 27.2. The molecule has 120 valence electrons. The molecule has 2 rings (SSSR count). The van der Waals surface area contributed by atoms with Crippen LogP contribution in [0.2, 0.25) is 0 Å². The van der Waals surface area contributed by atoms with Crippen LogP contribution in [0.25, 0.3) is 0 Å². The summed E-state index contributed by atoms with van der Waals surface area (Å²) in [6.45, 7) is 10.0. The Morgan fingerprint density at radius 1 is 1.38 bits per heavy atom. The van der Waals surface area contributed by atoms with Crippen molar-refractivity contribution >= 4 is 11.3 Å². The molecule has 1 heterocycles. The van der Waals surface area contributed by atoms with E-state index in [2.05, 4.69) is 43.2 Å². The highest BCUT2D eigenvalue weighted by Crippen LogP contribution is 2.37. The Labute approximate surface area is 134 Å². The summed E-state index contributed by atoms with van der Waals surface area (Å²) >= 11 is 1.87. The molecule has 1 saturated carbocycles. The van der Waals surface area contributed by atoms with E-state index in [1.165, 1.54) is 37.0 Å². The van der Waals surface area contributed by atoms with Crippen molar-refractivity contribution in [2.24, 2.45) is 17.6 Å². The predicted octanol–water partition coefficient (Wildman–Crippen LogP) is 4.50. The van der Waals surface area contributed by atoms with E-state index in [0.29, 0.717) is 0 Å². The Morgan fingerprint density at radius 2 is 2.19 bits per heavy atom. The van der Waals surface area contributed by atoms with Crippen LogP contribution in [0.15, 0.2) is 17.5 Å². The van der Waals surface area contributed by atoms with Gasteiger partial charge in [-0.05, 0) is 49.1 Å². The van der Waals surface area contributed by atoms with E-state index in [0.717, 1.165) is 31.5 Å². The van der Waals surface area contributed by atoms with Crippen LogP contribution in [0, 0.1) is 11.8 Å². The fourth-order valence-electron chi connectivity index (χ4n) is 3.94. The zero-order valence-corrected chi connectivity index (χ0v) is 14.8. The van der Waals surface area contributed by atoms with Crippen molar-refractivity contribution in [1.29, 1.82) is 0 Å². The molecule has 1 aliphatic rings. The molecule has 2 nitrogen and oxygen atoms in total. The van der Waals surface area contributed by atoms with Gasteiger partial charge in [0.2, 0.25) is 0 Å². The average Bonchev–Trinajstić information content (AvgIpc) is 2.89. The number of thiophene rings is 1. The number of likely N-dealkylation sites (N-methyl/N-ethyl adjacent to an activating group) is 1.